The molecule has 2 aromatic carbocycles. The first-order valence-electron chi connectivity index (χ1n) is 14.3. The van der Waals surface area contributed by atoms with Crippen molar-refractivity contribution in [1.29, 1.82) is 0 Å². The normalized spacial score (nSPS) is 17.6. The maximum absolute atomic E-state index is 13.6. The second kappa shape index (κ2) is 11.0. The molecule has 210 valence electrons. The fourth-order valence-electron chi connectivity index (χ4n) is 5.51. The molecule has 0 radical (unpaired) electrons. The molecule has 3 aromatic rings. The SMILES string of the molecule is CC(C)(C)c1ccc(N2C(=O)N(Cc3ccnc(Nc4cccc(CCN5CCCC5)c4)c3)C(C)(C)C2=O)cc1. The number of hydrogen-bond acceptors (Lipinski definition) is 5. The number of aromatic nitrogens is 1. The van der Waals surface area contributed by atoms with Crippen LogP contribution in [0.2, 0.25) is 0 Å². The van der Waals surface area contributed by atoms with Crippen LogP contribution in [0.1, 0.15) is 64.2 Å². The van der Waals surface area contributed by atoms with Crippen molar-refractivity contribution in [3.05, 3.63) is 83.6 Å². The fraction of sp³-hybridized carbons (Fsp3) is 0.424. The summed E-state index contributed by atoms with van der Waals surface area (Å²) in [5, 5.41) is 3.42. The molecule has 0 unspecified atom stereocenters. The molecule has 2 fully saturated rings. The van der Waals surface area contributed by atoms with Crippen LogP contribution in [-0.4, -0.2) is 51.9 Å². The topological polar surface area (TPSA) is 68.8 Å². The number of pyridine rings is 1. The average molecular weight is 540 g/mol. The van der Waals surface area contributed by atoms with Crippen molar-refractivity contribution in [1.82, 2.24) is 14.8 Å². The third-order valence-corrected chi connectivity index (χ3v) is 8.09. The second-order valence-electron chi connectivity index (χ2n) is 12.5. The first kappa shape index (κ1) is 27.8. The van der Waals surface area contributed by atoms with E-state index in [4.69, 9.17) is 0 Å². The summed E-state index contributed by atoms with van der Waals surface area (Å²) in [7, 11) is 0. The lowest BCUT2D eigenvalue weighted by molar-refractivity contribution is -0.123. The van der Waals surface area contributed by atoms with Crippen LogP contribution in [0.25, 0.3) is 0 Å². The minimum absolute atomic E-state index is 0.00906. The molecule has 2 aliphatic heterocycles. The number of carbonyl (C=O) groups excluding carboxylic acids is 2. The first-order chi connectivity index (χ1) is 19.0. The number of amides is 3. The van der Waals surface area contributed by atoms with Gasteiger partial charge in [-0.3, -0.25) is 4.79 Å². The Hall–Kier alpha value is -3.71. The number of carbonyl (C=O) groups is 2. The quantitative estimate of drug-likeness (QED) is 0.331. The first-order valence-corrected chi connectivity index (χ1v) is 14.3. The Kier molecular flexibility index (Phi) is 7.69. The van der Waals surface area contributed by atoms with Crippen molar-refractivity contribution in [3.63, 3.8) is 0 Å². The maximum atomic E-state index is 13.6. The van der Waals surface area contributed by atoms with Crippen molar-refractivity contribution in [3.8, 4) is 0 Å². The summed E-state index contributed by atoms with van der Waals surface area (Å²) in [5.74, 6) is 0.485. The van der Waals surface area contributed by atoms with Crippen LogP contribution in [0.5, 0.6) is 0 Å². The van der Waals surface area contributed by atoms with Crippen LogP contribution >= 0.6 is 0 Å². The Morgan fingerprint density at radius 3 is 2.35 bits per heavy atom. The van der Waals surface area contributed by atoms with E-state index in [-0.39, 0.29) is 17.4 Å². The largest absolute Gasteiger partial charge is 0.340 e. The highest BCUT2D eigenvalue weighted by Gasteiger charge is 2.51. The molecule has 0 saturated carbocycles. The number of likely N-dealkylation sites (tertiary alicyclic amines) is 1. The Morgan fingerprint density at radius 2 is 1.65 bits per heavy atom. The van der Waals surface area contributed by atoms with Gasteiger partial charge >= 0.3 is 6.03 Å². The second-order valence-corrected chi connectivity index (χ2v) is 12.5. The van der Waals surface area contributed by atoms with E-state index in [2.05, 4.69) is 54.2 Å². The van der Waals surface area contributed by atoms with Crippen LogP contribution in [0.15, 0.2) is 66.9 Å². The van der Waals surface area contributed by atoms with Gasteiger partial charge in [-0.1, -0.05) is 45.0 Å². The number of anilines is 3. The standard InChI is InChI=1S/C33H41N5O2/c1-32(2,3)26-11-13-28(14-12-26)38-30(39)33(4,5)37(31(38)40)23-25-15-17-34-29(22-25)35-27-10-8-9-24(21-27)16-20-36-18-6-7-19-36/h8-15,17,21-22H,6-7,16,18-20,23H2,1-5H3,(H,34,35). The van der Waals surface area contributed by atoms with Gasteiger partial charge in [-0.15, -0.1) is 0 Å². The molecule has 7 heteroatoms. The molecule has 3 heterocycles. The lowest BCUT2D eigenvalue weighted by Crippen LogP contribution is -2.43. The van der Waals surface area contributed by atoms with Crippen LogP contribution in [0, 0.1) is 0 Å². The average Bonchev–Trinajstić information content (AvgIpc) is 3.49. The van der Waals surface area contributed by atoms with E-state index in [1.165, 1.54) is 36.4 Å². The van der Waals surface area contributed by atoms with E-state index in [0.717, 1.165) is 29.8 Å². The fourth-order valence-corrected chi connectivity index (χ4v) is 5.51. The van der Waals surface area contributed by atoms with Crippen LogP contribution in [-0.2, 0) is 23.2 Å². The molecular weight excluding hydrogens is 498 g/mol. The molecule has 1 N–H and O–H groups in total. The Balaban J connectivity index is 1.28. The highest BCUT2D eigenvalue weighted by molar-refractivity contribution is 6.22. The molecule has 0 atom stereocenters. The van der Waals surface area contributed by atoms with Crippen LogP contribution < -0.4 is 10.2 Å². The summed E-state index contributed by atoms with van der Waals surface area (Å²) in [6.07, 6.45) is 5.38. The number of benzene rings is 2. The lowest BCUT2D eigenvalue weighted by Gasteiger charge is -2.27. The highest BCUT2D eigenvalue weighted by Crippen LogP contribution is 2.34. The van der Waals surface area contributed by atoms with Crippen molar-refractivity contribution in [2.75, 3.05) is 29.9 Å². The number of imide groups is 1. The van der Waals surface area contributed by atoms with Crippen LogP contribution in [0.3, 0.4) is 0 Å². The van der Waals surface area contributed by atoms with E-state index in [1.807, 2.05) is 56.3 Å². The molecule has 0 bridgehead atoms. The molecule has 0 spiro atoms. The monoisotopic (exact) mass is 539 g/mol. The molecule has 2 saturated heterocycles. The van der Waals surface area contributed by atoms with Crippen molar-refractivity contribution < 1.29 is 9.59 Å². The van der Waals surface area contributed by atoms with E-state index in [1.54, 1.807) is 11.1 Å². The predicted octanol–water partition coefficient (Wildman–Crippen LogP) is 6.51. The van der Waals surface area contributed by atoms with Gasteiger partial charge in [0.05, 0.1) is 5.69 Å². The molecule has 3 amide bonds. The van der Waals surface area contributed by atoms with E-state index >= 15 is 0 Å². The highest BCUT2D eigenvalue weighted by atomic mass is 16.2. The third-order valence-electron chi connectivity index (χ3n) is 8.09. The number of rotatable bonds is 8. The van der Waals surface area contributed by atoms with Gasteiger partial charge in [-0.2, -0.15) is 0 Å². The molecule has 7 nitrogen and oxygen atoms in total. The zero-order valence-electron chi connectivity index (χ0n) is 24.4. The van der Waals surface area contributed by atoms with Crippen molar-refractivity contribution in [2.45, 2.75) is 71.4 Å². The van der Waals surface area contributed by atoms with E-state index in [9.17, 15) is 9.59 Å². The molecule has 0 aliphatic carbocycles. The van der Waals surface area contributed by atoms with Crippen LogP contribution in [0.4, 0.5) is 22.0 Å². The zero-order chi connectivity index (χ0) is 28.5. The van der Waals surface area contributed by atoms with Gasteiger partial charge in [0, 0.05) is 25.0 Å². The molecule has 2 aliphatic rings. The Bertz CT molecular complexity index is 1370. The van der Waals surface area contributed by atoms with E-state index < -0.39 is 5.54 Å². The number of nitrogens with zero attached hydrogens (tertiary/aromatic N) is 4. The molecular formula is C33H41N5O2. The molecule has 1 aromatic heterocycles. The molecule has 40 heavy (non-hydrogen) atoms. The van der Waals surface area contributed by atoms with Gasteiger partial charge in [0.15, 0.2) is 0 Å². The van der Waals surface area contributed by atoms with Gasteiger partial charge in [-0.05, 0) is 105 Å². The van der Waals surface area contributed by atoms with Gasteiger partial charge < -0.3 is 15.1 Å². The van der Waals surface area contributed by atoms with Gasteiger partial charge in [-0.25, -0.2) is 14.7 Å². The summed E-state index contributed by atoms with van der Waals surface area (Å²) in [5.41, 5.74) is 3.96. The Morgan fingerprint density at radius 1 is 0.925 bits per heavy atom. The smallest absolute Gasteiger partial charge is 0.332 e. The van der Waals surface area contributed by atoms with Gasteiger partial charge in [0.1, 0.15) is 11.4 Å². The van der Waals surface area contributed by atoms with Gasteiger partial charge in [0.25, 0.3) is 5.91 Å². The third kappa shape index (κ3) is 5.89. The predicted molar refractivity (Wildman–Crippen MR) is 161 cm³/mol. The number of urea groups is 1. The molecule has 5 rings (SSSR count). The summed E-state index contributed by atoms with van der Waals surface area (Å²) >= 11 is 0. The maximum Gasteiger partial charge on any atom is 0.332 e. The van der Waals surface area contributed by atoms with Crippen molar-refractivity contribution >= 4 is 29.1 Å². The zero-order valence-corrected chi connectivity index (χ0v) is 24.4. The minimum atomic E-state index is -0.972. The van der Waals surface area contributed by atoms with Crippen molar-refractivity contribution in [2.24, 2.45) is 0 Å². The summed E-state index contributed by atoms with van der Waals surface area (Å²) in [6, 6.07) is 19.7. The Labute approximate surface area is 238 Å². The lowest BCUT2D eigenvalue weighted by atomic mass is 9.87. The summed E-state index contributed by atoms with van der Waals surface area (Å²) in [4.78, 5) is 37.0. The van der Waals surface area contributed by atoms with E-state index in [0.29, 0.717) is 18.1 Å². The number of hydrogen-bond donors (Lipinski definition) is 1. The van der Waals surface area contributed by atoms with Gasteiger partial charge in [0.2, 0.25) is 0 Å². The number of nitrogens with one attached hydrogen (secondary N) is 1. The summed E-state index contributed by atoms with van der Waals surface area (Å²) < 4.78 is 0. The summed E-state index contributed by atoms with van der Waals surface area (Å²) in [6.45, 7) is 13.9. The minimum Gasteiger partial charge on any atom is -0.340 e.